The Kier molecular flexibility index (Phi) is 22.5. The molecular formula is C47H76N6O10SSi. The maximum atomic E-state index is 14.9. The second-order valence-electron chi connectivity index (χ2n) is 18.7. The van der Waals surface area contributed by atoms with Gasteiger partial charge in [0, 0.05) is 49.7 Å². The molecule has 1 aromatic carbocycles. The van der Waals surface area contributed by atoms with Crippen molar-refractivity contribution in [1.82, 2.24) is 30.7 Å². The summed E-state index contributed by atoms with van der Waals surface area (Å²) in [7, 11) is -0.335. The number of aromatic hydroxyl groups is 1. The molecule has 0 aliphatic carbocycles. The number of likely N-dealkylation sites (N-methyl/N-ethyl adjacent to an activating group) is 1. The number of hydrogen-bond acceptors (Lipinski definition) is 13. The number of nitrogens with zero attached hydrogens (tertiary/aromatic N) is 3. The number of thiazole rings is 1. The molecule has 2 heterocycles. The lowest BCUT2D eigenvalue weighted by atomic mass is 9.92. The van der Waals surface area contributed by atoms with Crippen molar-refractivity contribution in [2.75, 3.05) is 26.9 Å². The van der Waals surface area contributed by atoms with E-state index in [4.69, 9.17) is 9.47 Å². The highest BCUT2D eigenvalue weighted by Crippen LogP contribution is 2.32. The fourth-order valence-corrected chi connectivity index (χ4v) is 9.87. The number of phenolic OH excluding ortho intramolecular Hbond substituents is 1. The van der Waals surface area contributed by atoms with E-state index in [-0.39, 0.29) is 60.7 Å². The topological polar surface area (TPSA) is 217 Å². The average Bonchev–Trinajstić information content (AvgIpc) is 3.74. The Balaban J connectivity index is 1.92. The second kappa shape index (κ2) is 26.7. The van der Waals surface area contributed by atoms with Crippen molar-refractivity contribution >= 4 is 55.2 Å². The van der Waals surface area contributed by atoms with Crippen molar-refractivity contribution in [3.8, 4) is 5.75 Å². The number of aromatic nitrogens is 1. The summed E-state index contributed by atoms with van der Waals surface area (Å²) in [5.41, 5.74) is 0.904. The lowest BCUT2D eigenvalue weighted by Gasteiger charge is -2.39. The normalized spacial score (nSPS) is 17.2. The number of benzene rings is 1. The van der Waals surface area contributed by atoms with Gasteiger partial charge in [-0.2, -0.15) is 0 Å². The van der Waals surface area contributed by atoms with E-state index in [0.29, 0.717) is 56.1 Å². The van der Waals surface area contributed by atoms with Crippen LogP contribution in [0.5, 0.6) is 5.75 Å². The van der Waals surface area contributed by atoms with Crippen LogP contribution in [0.4, 0.5) is 0 Å². The summed E-state index contributed by atoms with van der Waals surface area (Å²) in [6, 6.07) is 4.79. The van der Waals surface area contributed by atoms with Crippen LogP contribution >= 0.6 is 11.3 Å². The zero-order chi connectivity index (χ0) is 48.4. The third-order valence-electron chi connectivity index (χ3n) is 12.0. The maximum Gasteiger partial charge on any atom is 0.307 e. The average molecular weight is 945 g/mol. The Labute approximate surface area is 391 Å². The molecule has 16 nitrogen and oxygen atoms in total. The van der Waals surface area contributed by atoms with Crippen LogP contribution < -0.4 is 16.0 Å². The summed E-state index contributed by atoms with van der Waals surface area (Å²) in [5.74, 6) is -3.31. The molecule has 1 aromatic heterocycles. The number of rotatable bonds is 26. The molecule has 7 atom stereocenters. The first-order valence-corrected chi connectivity index (χ1v) is 27.3. The van der Waals surface area contributed by atoms with Gasteiger partial charge < -0.3 is 40.2 Å². The Morgan fingerprint density at radius 3 is 2.31 bits per heavy atom. The van der Waals surface area contributed by atoms with Crippen LogP contribution in [0.25, 0.3) is 0 Å². The Morgan fingerprint density at radius 2 is 1.71 bits per heavy atom. The van der Waals surface area contributed by atoms with Crippen LogP contribution in [0.1, 0.15) is 133 Å². The molecular weight excluding hydrogens is 869 g/mol. The van der Waals surface area contributed by atoms with Crippen LogP contribution in [0, 0.1) is 17.8 Å². The van der Waals surface area contributed by atoms with Crippen molar-refractivity contribution in [3.63, 3.8) is 0 Å². The van der Waals surface area contributed by atoms with Crippen molar-refractivity contribution < 1.29 is 48.1 Å². The summed E-state index contributed by atoms with van der Waals surface area (Å²) in [5, 5.41) is 20.8. The number of esters is 2. The maximum absolute atomic E-state index is 14.9. The first kappa shape index (κ1) is 54.9. The second-order valence-corrected chi connectivity index (χ2v) is 23.7. The molecule has 1 aliphatic heterocycles. The van der Waals surface area contributed by atoms with Gasteiger partial charge in [-0.05, 0) is 101 Å². The molecule has 364 valence electrons. The molecule has 2 aromatic rings. The van der Waals surface area contributed by atoms with E-state index >= 15 is 0 Å². The van der Waals surface area contributed by atoms with Crippen molar-refractivity contribution in [3.05, 3.63) is 45.9 Å². The van der Waals surface area contributed by atoms with Gasteiger partial charge in [0.25, 0.3) is 5.91 Å². The number of carbonyl (C=O) groups is 6. The first-order chi connectivity index (χ1) is 30.6. The molecule has 1 saturated heterocycles. The molecule has 3 rings (SSSR count). The van der Waals surface area contributed by atoms with E-state index in [1.165, 1.54) is 11.8 Å². The fraction of sp³-hybridized carbons (Fsp3) is 0.681. The molecule has 0 saturated carbocycles. The zero-order valence-corrected chi connectivity index (χ0v) is 42.1. The number of piperidine rings is 1. The highest BCUT2D eigenvalue weighted by Gasteiger charge is 2.39. The van der Waals surface area contributed by atoms with Gasteiger partial charge in [-0.3, -0.25) is 33.7 Å². The Bertz CT molecular complexity index is 1860. The van der Waals surface area contributed by atoms with Gasteiger partial charge in [-0.25, -0.2) is 4.98 Å². The minimum atomic E-state index is -2.24. The number of likely N-dealkylation sites (tertiary alicyclic amines) is 1. The number of carbonyl (C=O) groups excluding carboxylic acids is 6. The molecule has 0 bridgehead atoms. The van der Waals surface area contributed by atoms with Gasteiger partial charge in [0.05, 0.1) is 6.04 Å². The molecule has 4 amide bonds. The van der Waals surface area contributed by atoms with E-state index in [1.54, 1.807) is 36.6 Å². The summed E-state index contributed by atoms with van der Waals surface area (Å²) in [4.78, 5) is 99.5. The third kappa shape index (κ3) is 18.4. The van der Waals surface area contributed by atoms with Crippen LogP contribution in [0.15, 0.2) is 29.6 Å². The van der Waals surface area contributed by atoms with Gasteiger partial charge in [-0.1, -0.05) is 66.5 Å². The monoisotopic (exact) mass is 945 g/mol. The molecule has 18 heteroatoms. The smallest absolute Gasteiger partial charge is 0.307 e. The number of phenols is 1. The summed E-state index contributed by atoms with van der Waals surface area (Å²) in [6.07, 6.45) is 4.22. The van der Waals surface area contributed by atoms with Gasteiger partial charge >= 0.3 is 11.9 Å². The Hall–Kier alpha value is -4.39. The predicted octanol–water partition coefficient (Wildman–Crippen LogP) is 6.08. The molecule has 1 fully saturated rings. The van der Waals surface area contributed by atoms with Crippen molar-refractivity contribution in [2.45, 2.75) is 162 Å². The molecule has 0 spiro atoms. The molecule has 0 unspecified atom stereocenters. The largest absolute Gasteiger partial charge is 0.508 e. The van der Waals surface area contributed by atoms with Crippen LogP contribution in [0.2, 0.25) is 19.1 Å². The van der Waals surface area contributed by atoms with E-state index in [0.717, 1.165) is 36.3 Å². The third-order valence-corrected chi connectivity index (χ3v) is 14.5. The first-order valence-electron chi connectivity index (χ1n) is 23.3. The molecule has 5 N–H and O–H groups in total. The lowest BCUT2D eigenvalue weighted by molar-refractivity contribution is -0.160. The van der Waals surface area contributed by atoms with Crippen LogP contribution in [-0.4, -0.2) is 120 Å². The Morgan fingerprint density at radius 1 is 1.02 bits per heavy atom. The predicted molar refractivity (Wildman–Crippen MR) is 253 cm³/mol. The minimum Gasteiger partial charge on any atom is -0.508 e. The number of nitrogens with one attached hydrogen (secondary N) is 3. The SMILES string of the molecule is CCCC(=O)OCN(C(=O)[C@@H](NC(=O)[C@H]1CCCCN1C)[C@@H](C)CC)[C@H](C[C@@H](OC(C)=O)c1nc(C(=O)N[C@@H](Cc2ccc(O)cc2)C[C@H](C)C(=O)NCCC[Si](C)(C)O)cs1)C(C)C. The van der Waals surface area contributed by atoms with Crippen molar-refractivity contribution in [1.29, 1.82) is 0 Å². The molecule has 0 radical (unpaired) electrons. The number of ether oxygens (including phenoxy) is 2. The molecule has 1 aliphatic rings. The number of amides is 4. The summed E-state index contributed by atoms with van der Waals surface area (Å²) < 4.78 is 11.6. The van der Waals surface area contributed by atoms with E-state index < -0.39 is 62.2 Å². The minimum absolute atomic E-state index is 0.0452. The van der Waals surface area contributed by atoms with E-state index in [1.807, 2.05) is 59.7 Å². The fourth-order valence-electron chi connectivity index (χ4n) is 7.99. The summed E-state index contributed by atoms with van der Waals surface area (Å²) >= 11 is 1.12. The van der Waals surface area contributed by atoms with Crippen molar-refractivity contribution in [2.24, 2.45) is 17.8 Å². The van der Waals surface area contributed by atoms with E-state index in [2.05, 4.69) is 20.9 Å². The number of hydrogen-bond donors (Lipinski definition) is 5. The highest BCUT2D eigenvalue weighted by atomic mass is 32.1. The highest BCUT2D eigenvalue weighted by molar-refractivity contribution is 7.09. The van der Waals surface area contributed by atoms with Crippen LogP contribution in [-0.2, 0) is 39.9 Å². The molecule has 65 heavy (non-hydrogen) atoms. The van der Waals surface area contributed by atoms with Gasteiger partial charge in [0.1, 0.15) is 22.5 Å². The zero-order valence-electron chi connectivity index (χ0n) is 40.3. The quantitative estimate of drug-likeness (QED) is 0.0314. The van der Waals surface area contributed by atoms with E-state index in [9.17, 15) is 38.7 Å². The van der Waals surface area contributed by atoms with Gasteiger partial charge in [-0.15, -0.1) is 11.3 Å². The van der Waals surface area contributed by atoms with Gasteiger partial charge in [0.15, 0.2) is 21.2 Å². The lowest BCUT2D eigenvalue weighted by Crippen LogP contribution is -2.59. The van der Waals surface area contributed by atoms with Crippen LogP contribution in [0.3, 0.4) is 0 Å². The summed E-state index contributed by atoms with van der Waals surface area (Å²) in [6.45, 7) is 17.1. The van der Waals surface area contributed by atoms with Gasteiger partial charge in [0.2, 0.25) is 17.7 Å². The standard InChI is InChI=1S/C47H76N6O10SSi/c1-11-16-41(56)62-29-53(47(60)42(31(5)12-2)51-45(59)38-17-13-14-23-52(38)8)39(30(3)4)27-40(63-33(7)54)46-50-37(28-64-46)44(58)49-35(26-34-18-20-36(55)21-19-34)25-32(6)43(57)48-22-15-24-65(9,10)61/h18-21,28,30-32,35,38-40,42,55,61H,11-17,22-27,29H2,1-10H3,(H,48,57)(H,49,58)(H,51,59)/t31-,32-,35+,38+,39+,40+,42-/m0/s1.